The molecule has 0 amide bonds. The lowest BCUT2D eigenvalue weighted by Gasteiger charge is -2.11. The molecule has 2 aromatic heterocycles. The number of aryl methyl sites for hydroxylation is 1. The first-order chi connectivity index (χ1) is 8.60. The van der Waals surface area contributed by atoms with E-state index in [0.717, 1.165) is 23.4 Å². The van der Waals surface area contributed by atoms with Gasteiger partial charge in [-0.3, -0.25) is 0 Å². The van der Waals surface area contributed by atoms with Gasteiger partial charge in [-0.25, -0.2) is 20.5 Å². The third-order valence-corrected chi connectivity index (χ3v) is 3.36. The predicted octanol–water partition coefficient (Wildman–Crippen LogP) is 1.78. The molecule has 0 unspecified atom stereocenters. The molecule has 0 aliphatic carbocycles. The Labute approximate surface area is 110 Å². The quantitative estimate of drug-likeness (QED) is 0.654. The summed E-state index contributed by atoms with van der Waals surface area (Å²) in [7, 11) is 0. The van der Waals surface area contributed by atoms with Gasteiger partial charge in [-0.2, -0.15) is 5.10 Å². The highest BCUT2D eigenvalue weighted by Crippen LogP contribution is 2.25. The van der Waals surface area contributed by atoms with Crippen molar-refractivity contribution in [3.8, 4) is 5.82 Å². The Kier molecular flexibility index (Phi) is 3.49. The fraction of sp³-hybridized carbons (Fsp3) is 0.364. The Morgan fingerprint density at radius 2 is 2.11 bits per heavy atom. The number of halogens is 1. The van der Waals surface area contributed by atoms with Crippen molar-refractivity contribution < 1.29 is 0 Å². The number of nitrogens with one attached hydrogen (secondary N) is 1. The molecule has 0 saturated carbocycles. The molecule has 7 heteroatoms. The van der Waals surface area contributed by atoms with Gasteiger partial charge in [-0.05, 0) is 20.3 Å². The van der Waals surface area contributed by atoms with Crippen molar-refractivity contribution in [3.63, 3.8) is 0 Å². The van der Waals surface area contributed by atoms with Gasteiger partial charge < -0.3 is 5.43 Å². The number of nitrogen functional groups attached to an aromatic ring is 1. The molecule has 0 fully saturated rings. The molecular formula is C11H15ClN6. The van der Waals surface area contributed by atoms with Crippen molar-refractivity contribution >= 4 is 17.4 Å². The molecule has 3 N–H and O–H groups in total. The maximum Gasteiger partial charge on any atom is 0.162 e. The summed E-state index contributed by atoms with van der Waals surface area (Å²) in [6.07, 6.45) is 2.19. The molecule has 0 aromatic carbocycles. The van der Waals surface area contributed by atoms with Gasteiger partial charge in [0.2, 0.25) is 0 Å². The van der Waals surface area contributed by atoms with E-state index < -0.39 is 0 Å². The highest BCUT2D eigenvalue weighted by Gasteiger charge is 2.16. The number of rotatable bonds is 3. The minimum atomic E-state index is 0.603. The maximum absolute atomic E-state index is 6.15. The molecule has 2 rings (SSSR count). The summed E-state index contributed by atoms with van der Waals surface area (Å²) in [5.74, 6) is 6.76. The lowest BCUT2D eigenvalue weighted by Crippen LogP contribution is -2.15. The molecule has 0 aliphatic heterocycles. The first-order valence-electron chi connectivity index (χ1n) is 5.62. The molecular weight excluding hydrogens is 252 g/mol. The van der Waals surface area contributed by atoms with Gasteiger partial charge in [0, 0.05) is 5.56 Å². The van der Waals surface area contributed by atoms with Gasteiger partial charge in [0.05, 0.1) is 16.4 Å². The SMILES string of the molecule is CCc1c(NN)ncnc1-n1nc(C)c(Cl)c1C. The Balaban J connectivity index is 2.67. The van der Waals surface area contributed by atoms with Crippen molar-refractivity contribution in [1.82, 2.24) is 19.7 Å². The number of hydrazine groups is 1. The number of aromatic nitrogens is 4. The van der Waals surface area contributed by atoms with Crippen LogP contribution < -0.4 is 11.3 Å². The first kappa shape index (κ1) is 12.8. The number of hydrogen-bond donors (Lipinski definition) is 2. The molecule has 0 radical (unpaired) electrons. The van der Waals surface area contributed by atoms with E-state index in [1.807, 2.05) is 20.8 Å². The first-order valence-corrected chi connectivity index (χ1v) is 6.00. The number of anilines is 1. The fourth-order valence-corrected chi connectivity index (χ4v) is 1.98. The van der Waals surface area contributed by atoms with Crippen LogP contribution in [0.1, 0.15) is 23.9 Å². The summed E-state index contributed by atoms with van der Waals surface area (Å²) >= 11 is 6.15. The molecule has 0 saturated heterocycles. The van der Waals surface area contributed by atoms with Crippen LogP contribution in [-0.4, -0.2) is 19.7 Å². The zero-order valence-corrected chi connectivity index (χ0v) is 11.3. The minimum Gasteiger partial charge on any atom is -0.308 e. The smallest absolute Gasteiger partial charge is 0.162 e. The van der Waals surface area contributed by atoms with Crippen LogP contribution in [0.25, 0.3) is 5.82 Å². The Morgan fingerprint density at radius 3 is 2.61 bits per heavy atom. The van der Waals surface area contributed by atoms with E-state index >= 15 is 0 Å². The molecule has 0 bridgehead atoms. The van der Waals surface area contributed by atoms with E-state index in [2.05, 4.69) is 20.5 Å². The third-order valence-electron chi connectivity index (χ3n) is 2.82. The zero-order chi connectivity index (χ0) is 13.3. The summed E-state index contributed by atoms with van der Waals surface area (Å²) in [6, 6.07) is 0. The average Bonchev–Trinajstić information content (AvgIpc) is 2.65. The van der Waals surface area contributed by atoms with Crippen LogP contribution >= 0.6 is 11.6 Å². The van der Waals surface area contributed by atoms with Crippen LogP contribution in [0.3, 0.4) is 0 Å². The van der Waals surface area contributed by atoms with Crippen LogP contribution in [0.4, 0.5) is 5.82 Å². The van der Waals surface area contributed by atoms with Crippen molar-refractivity contribution in [1.29, 1.82) is 0 Å². The summed E-state index contributed by atoms with van der Waals surface area (Å²) in [5.41, 5.74) is 5.10. The largest absolute Gasteiger partial charge is 0.308 e. The maximum atomic E-state index is 6.15. The molecule has 0 spiro atoms. The lowest BCUT2D eigenvalue weighted by molar-refractivity contribution is 0.784. The van der Waals surface area contributed by atoms with Crippen LogP contribution in [0.5, 0.6) is 0 Å². The van der Waals surface area contributed by atoms with Gasteiger partial charge >= 0.3 is 0 Å². The summed E-state index contributed by atoms with van der Waals surface area (Å²) < 4.78 is 1.72. The number of hydrogen-bond acceptors (Lipinski definition) is 5. The Hall–Kier alpha value is -1.66. The zero-order valence-electron chi connectivity index (χ0n) is 10.5. The van der Waals surface area contributed by atoms with E-state index in [1.165, 1.54) is 6.33 Å². The van der Waals surface area contributed by atoms with E-state index in [9.17, 15) is 0 Å². The van der Waals surface area contributed by atoms with Crippen molar-refractivity contribution in [2.75, 3.05) is 5.43 Å². The van der Waals surface area contributed by atoms with Crippen molar-refractivity contribution in [3.05, 3.63) is 28.3 Å². The minimum absolute atomic E-state index is 0.603. The van der Waals surface area contributed by atoms with Gasteiger partial charge in [0.15, 0.2) is 5.82 Å². The number of nitrogens with zero attached hydrogens (tertiary/aromatic N) is 4. The van der Waals surface area contributed by atoms with Crippen molar-refractivity contribution in [2.24, 2.45) is 5.84 Å². The van der Waals surface area contributed by atoms with E-state index in [0.29, 0.717) is 16.7 Å². The second-order valence-corrected chi connectivity index (χ2v) is 4.30. The van der Waals surface area contributed by atoms with Gasteiger partial charge in [0.25, 0.3) is 0 Å². The van der Waals surface area contributed by atoms with Crippen molar-refractivity contribution in [2.45, 2.75) is 27.2 Å². The fourth-order valence-electron chi connectivity index (χ4n) is 1.87. The second-order valence-electron chi connectivity index (χ2n) is 3.92. The molecule has 96 valence electrons. The van der Waals surface area contributed by atoms with Crippen LogP contribution in [0, 0.1) is 13.8 Å². The Bertz CT molecular complexity index is 577. The molecule has 18 heavy (non-hydrogen) atoms. The third kappa shape index (κ3) is 1.93. The summed E-state index contributed by atoms with van der Waals surface area (Å²) in [5, 5.41) is 5.04. The average molecular weight is 267 g/mol. The van der Waals surface area contributed by atoms with Crippen LogP contribution in [0.15, 0.2) is 6.33 Å². The van der Waals surface area contributed by atoms with E-state index in [1.54, 1.807) is 4.68 Å². The lowest BCUT2D eigenvalue weighted by atomic mass is 10.2. The Morgan fingerprint density at radius 1 is 1.39 bits per heavy atom. The predicted molar refractivity (Wildman–Crippen MR) is 70.8 cm³/mol. The van der Waals surface area contributed by atoms with Gasteiger partial charge in [-0.1, -0.05) is 18.5 Å². The highest BCUT2D eigenvalue weighted by molar-refractivity contribution is 6.31. The monoisotopic (exact) mass is 266 g/mol. The standard InChI is InChI=1S/C11H15ClN6/c1-4-8-10(16-13)14-5-15-11(8)18-7(3)9(12)6(2)17-18/h5H,4,13H2,1-3H3,(H,14,15,16). The van der Waals surface area contributed by atoms with Gasteiger partial charge in [-0.15, -0.1) is 0 Å². The topological polar surface area (TPSA) is 81.6 Å². The molecule has 0 atom stereocenters. The summed E-state index contributed by atoms with van der Waals surface area (Å²) in [6.45, 7) is 5.77. The highest BCUT2D eigenvalue weighted by atomic mass is 35.5. The van der Waals surface area contributed by atoms with Crippen LogP contribution in [0.2, 0.25) is 5.02 Å². The normalized spacial score (nSPS) is 10.7. The van der Waals surface area contributed by atoms with E-state index in [4.69, 9.17) is 17.4 Å². The molecule has 0 aliphatic rings. The van der Waals surface area contributed by atoms with E-state index in [-0.39, 0.29) is 0 Å². The molecule has 2 aromatic rings. The van der Waals surface area contributed by atoms with Crippen LogP contribution in [-0.2, 0) is 6.42 Å². The van der Waals surface area contributed by atoms with Gasteiger partial charge in [0.1, 0.15) is 12.1 Å². The second kappa shape index (κ2) is 4.91. The molecule has 6 nitrogen and oxygen atoms in total. The molecule has 2 heterocycles. The number of nitrogens with two attached hydrogens (primary N) is 1. The summed E-state index contributed by atoms with van der Waals surface area (Å²) in [4.78, 5) is 8.37.